The first kappa shape index (κ1) is 19.6. The van der Waals surface area contributed by atoms with E-state index < -0.39 is 23.1 Å². The summed E-state index contributed by atoms with van der Waals surface area (Å²) in [6.07, 6.45) is 0. The van der Waals surface area contributed by atoms with Crippen molar-refractivity contribution in [1.82, 2.24) is 9.97 Å². The second-order valence-electron chi connectivity index (χ2n) is 5.89. The number of carbonyl (C=O) groups excluding carboxylic acids is 1. The zero-order valence-corrected chi connectivity index (χ0v) is 15.5. The second kappa shape index (κ2) is 8.22. The largest absolute Gasteiger partial charge is 0.382 e. The standard InChI is InChI=1S/C19H16F2N4O2S/c1-10(11-5-3-2-4-6-11)28-19-24-16(22)15(18(27)25-19)23-17(26)12-7-8-13(20)14(21)9-12/h2-10H,1H3,(H,23,26)(H3,22,24,25,27)/t10-/m1/s1. The fourth-order valence-electron chi connectivity index (χ4n) is 2.43. The first-order valence-corrected chi connectivity index (χ1v) is 9.11. The summed E-state index contributed by atoms with van der Waals surface area (Å²) >= 11 is 1.30. The predicted molar refractivity (Wildman–Crippen MR) is 104 cm³/mol. The highest BCUT2D eigenvalue weighted by Crippen LogP contribution is 2.32. The number of H-pyrrole nitrogens is 1. The number of amides is 1. The number of halogens is 2. The molecule has 9 heteroatoms. The van der Waals surface area contributed by atoms with Gasteiger partial charge in [0.2, 0.25) is 0 Å². The van der Waals surface area contributed by atoms with Crippen LogP contribution >= 0.6 is 11.8 Å². The van der Waals surface area contributed by atoms with Gasteiger partial charge in [0.1, 0.15) is 5.69 Å². The van der Waals surface area contributed by atoms with Gasteiger partial charge in [-0.25, -0.2) is 13.8 Å². The number of nitrogen functional groups attached to an aromatic ring is 1. The van der Waals surface area contributed by atoms with Crippen LogP contribution in [0.5, 0.6) is 0 Å². The molecule has 0 saturated carbocycles. The third kappa shape index (κ3) is 4.37. The van der Waals surface area contributed by atoms with Gasteiger partial charge in [0, 0.05) is 10.8 Å². The van der Waals surface area contributed by atoms with Gasteiger partial charge in [-0.15, -0.1) is 0 Å². The third-order valence-corrected chi connectivity index (χ3v) is 4.95. The summed E-state index contributed by atoms with van der Waals surface area (Å²) in [7, 11) is 0. The highest BCUT2D eigenvalue weighted by molar-refractivity contribution is 7.99. The second-order valence-corrected chi connectivity index (χ2v) is 7.21. The number of hydrogen-bond donors (Lipinski definition) is 3. The predicted octanol–water partition coefficient (Wildman–Crippen LogP) is 3.74. The average Bonchev–Trinajstić information content (AvgIpc) is 2.67. The number of nitrogens with zero attached hydrogens (tertiary/aromatic N) is 1. The Kier molecular flexibility index (Phi) is 5.74. The molecule has 28 heavy (non-hydrogen) atoms. The number of thioether (sulfide) groups is 1. The SMILES string of the molecule is C[C@@H](Sc1nc(N)c(NC(=O)c2ccc(F)c(F)c2)c(=O)[nH]1)c1ccccc1. The number of benzene rings is 2. The molecule has 1 aromatic heterocycles. The highest BCUT2D eigenvalue weighted by Gasteiger charge is 2.17. The first-order valence-electron chi connectivity index (χ1n) is 8.23. The number of carbonyl (C=O) groups is 1. The van der Waals surface area contributed by atoms with Crippen molar-refractivity contribution in [2.24, 2.45) is 0 Å². The summed E-state index contributed by atoms with van der Waals surface area (Å²) in [6, 6.07) is 12.3. The Morgan fingerprint density at radius 3 is 2.54 bits per heavy atom. The molecule has 4 N–H and O–H groups in total. The van der Waals surface area contributed by atoms with Crippen LogP contribution in [0.4, 0.5) is 20.3 Å². The minimum atomic E-state index is -1.17. The molecule has 1 heterocycles. The van der Waals surface area contributed by atoms with E-state index in [4.69, 9.17) is 5.73 Å². The maximum Gasteiger partial charge on any atom is 0.277 e. The van der Waals surface area contributed by atoms with Crippen LogP contribution in [0.3, 0.4) is 0 Å². The van der Waals surface area contributed by atoms with Gasteiger partial charge in [-0.2, -0.15) is 0 Å². The molecule has 0 aliphatic carbocycles. The van der Waals surface area contributed by atoms with E-state index in [1.807, 2.05) is 37.3 Å². The highest BCUT2D eigenvalue weighted by atomic mass is 32.2. The molecule has 0 bridgehead atoms. The molecular formula is C19H16F2N4O2S. The maximum atomic E-state index is 13.3. The van der Waals surface area contributed by atoms with E-state index in [2.05, 4.69) is 15.3 Å². The molecule has 0 radical (unpaired) electrons. The van der Waals surface area contributed by atoms with E-state index in [1.54, 1.807) is 0 Å². The average molecular weight is 402 g/mol. The lowest BCUT2D eigenvalue weighted by molar-refractivity contribution is 0.102. The van der Waals surface area contributed by atoms with Crippen LogP contribution in [-0.4, -0.2) is 15.9 Å². The molecule has 0 unspecified atom stereocenters. The van der Waals surface area contributed by atoms with Gasteiger partial charge in [-0.3, -0.25) is 14.6 Å². The van der Waals surface area contributed by atoms with Crippen LogP contribution in [0.15, 0.2) is 58.5 Å². The van der Waals surface area contributed by atoms with Gasteiger partial charge in [-0.05, 0) is 30.7 Å². The van der Waals surface area contributed by atoms with Gasteiger partial charge >= 0.3 is 0 Å². The first-order chi connectivity index (χ1) is 13.3. The molecule has 0 aliphatic heterocycles. The number of hydrogen-bond acceptors (Lipinski definition) is 5. The molecule has 2 aromatic carbocycles. The van der Waals surface area contributed by atoms with Crippen LogP contribution in [0, 0.1) is 11.6 Å². The van der Waals surface area contributed by atoms with Crippen LogP contribution in [0.1, 0.15) is 28.1 Å². The van der Waals surface area contributed by atoms with Crippen molar-refractivity contribution < 1.29 is 13.6 Å². The Balaban J connectivity index is 1.79. The number of rotatable bonds is 5. The molecule has 0 saturated heterocycles. The van der Waals surface area contributed by atoms with Gasteiger partial charge < -0.3 is 11.1 Å². The Hall–Kier alpha value is -3.20. The van der Waals surface area contributed by atoms with E-state index in [0.29, 0.717) is 5.16 Å². The normalized spacial score (nSPS) is 11.8. The summed E-state index contributed by atoms with van der Waals surface area (Å²) in [5.74, 6) is -3.24. The van der Waals surface area contributed by atoms with E-state index in [0.717, 1.165) is 23.8 Å². The minimum Gasteiger partial charge on any atom is -0.382 e. The van der Waals surface area contributed by atoms with Crippen molar-refractivity contribution in [2.75, 3.05) is 11.1 Å². The van der Waals surface area contributed by atoms with E-state index in [1.165, 1.54) is 11.8 Å². The molecule has 144 valence electrons. The zero-order chi connectivity index (χ0) is 20.3. The van der Waals surface area contributed by atoms with Crippen LogP contribution in [0.25, 0.3) is 0 Å². The molecule has 6 nitrogen and oxygen atoms in total. The molecule has 0 aliphatic rings. The van der Waals surface area contributed by atoms with E-state index in [-0.39, 0.29) is 22.3 Å². The van der Waals surface area contributed by atoms with Crippen molar-refractivity contribution >= 4 is 29.2 Å². The molecule has 0 spiro atoms. The molecule has 3 aromatic rings. The molecule has 1 amide bonds. The van der Waals surface area contributed by atoms with Gasteiger partial charge in [-0.1, -0.05) is 42.1 Å². The van der Waals surface area contributed by atoms with Crippen molar-refractivity contribution in [3.63, 3.8) is 0 Å². The molecule has 3 rings (SSSR count). The van der Waals surface area contributed by atoms with Crippen molar-refractivity contribution in [3.05, 3.63) is 81.6 Å². The smallest absolute Gasteiger partial charge is 0.277 e. The van der Waals surface area contributed by atoms with Crippen LogP contribution < -0.4 is 16.6 Å². The number of anilines is 2. The summed E-state index contributed by atoms with van der Waals surface area (Å²) in [5, 5.41) is 2.59. The number of nitrogens with two attached hydrogens (primary N) is 1. The van der Waals surface area contributed by atoms with Crippen molar-refractivity contribution in [2.45, 2.75) is 17.3 Å². The summed E-state index contributed by atoms with van der Waals surface area (Å²) in [4.78, 5) is 31.2. The van der Waals surface area contributed by atoms with E-state index >= 15 is 0 Å². The van der Waals surface area contributed by atoms with Gasteiger partial charge in [0.15, 0.2) is 22.6 Å². The van der Waals surface area contributed by atoms with Crippen molar-refractivity contribution in [1.29, 1.82) is 0 Å². The summed E-state index contributed by atoms with van der Waals surface area (Å²) in [6.45, 7) is 1.95. The number of aromatic amines is 1. The monoisotopic (exact) mass is 402 g/mol. The fourth-order valence-corrected chi connectivity index (χ4v) is 3.36. The number of nitrogens with one attached hydrogen (secondary N) is 2. The van der Waals surface area contributed by atoms with Crippen molar-refractivity contribution in [3.8, 4) is 0 Å². The van der Waals surface area contributed by atoms with Gasteiger partial charge in [0.25, 0.3) is 11.5 Å². The summed E-state index contributed by atoms with van der Waals surface area (Å²) in [5.41, 5.74) is 5.81. The third-order valence-electron chi connectivity index (χ3n) is 3.90. The van der Waals surface area contributed by atoms with Crippen LogP contribution in [-0.2, 0) is 0 Å². The maximum absolute atomic E-state index is 13.3. The molecule has 0 fully saturated rings. The lowest BCUT2D eigenvalue weighted by atomic mass is 10.2. The fraction of sp³-hybridized carbons (Fsp3) is 0.105. The van der Waals surface area contributed by atoms with Crippen LogP contribution in [0.2, 0.25) is 0 Å². The lowest BCUT2D eigenvalue weighted by Gasteiger charge is -2.12. The Morgan fingerprint density at radius 1 is 1.18 bits per heavy atom. The van der Waals surface area contributed by atoms with Gasteiger partial charge in [0.05, 0.1) is 0 Å². The Morgan fingerprint density at radius 2 is 1.89 bits per heavy atom. The van der Waals surface area contributed by atoms with E-state index in [9.17, 15) is 18.4 Å². The molecular weight excluding hydrogens is 386 g/mol. The Bertz CT molecular complexity index is 1070. The minimum absolute atomic E-state index is 0.00591. The molecule has 1 atom stereocenters. The summed E-state index contributed by atoms with van der Waals surface area (Å²) < 4.78 is 26.3. The quantitative estimate of drug-likeness (QED) is 0.446. The Labute approximate surface area is 163 Å². The topological polar surface area (TPSA) is 101 Å². The number of aromatic nitrogens is 2. The zero-order valence-electron chi connectivity index (χ0n) is 14.7. The lowest BCUT2D eigenvalue weighted by Crippen LogP contribution is -2.23.